The van der Waals surface area contributed by atoms with Crippen molar-refractivity contribution in [3.05, 3.63) is 146 Å². The molecule has 204 valence electrons. The molecule has 9 aromatic rings. The van der Waals surface area contributed by atoms with Crippen LogP contribution < -0.4 is 0 Å². The zero-order valence-electron chi connectivity index (χ0n) is 23.6. The lowest BCUT2D eigenvalue weighted by atomic mass is 9.98. The van der Waals surface area contributed by atoms with E-state index in [1.807, 2.05) is 24.4 Å². The van der Waals surface area contributed by atoms with Gasteiger partial charge in [0.25, 0.3) is 0 Å². The van der Waals surface area contributed by atoms with Gasteiger partial charge in [0, 0.05) is 28.3 Å². The van der Waals surface area contributed by atoms with Gasteiger partial charge in [-0.3, -0.25) is 0 Å². The highest BCUT2D eigenvalue weighted by Crippen LogP contribution is 2.33. The number of fused-ring (bicyclic) bond motifs is 5. The number of rotatable bonds is 3. The monoisotopic (exact) mass is 560 g/mol. The van der Waals surface area contributed by atoms with E-state index in [1.54, 1.807) is 6.33 Å². The zero-order chi connectivity index (χ0) is 29.0. The summed E-state index contributed by atoms with van der Waals surface area (Å²) < 4.78 is 0. The molecule has 0 unspecified atom stereocenters. The van der Waals surface area contributed by atoms with Crippen LogP contribution in [0.4, 0.5) is 0 Å². The second-order valence-electron chi connectivity index (χ2n) is 11.3. The average Bonchev–Trinajstić information content (AvgIpc) is 3.09. The third-order valence-corrected chi connectivity index (χ3v) is 8.49. The summed E-state index contributed by atoms with van der Waals surface area (Å²) in [7, 11) is 0. The third-order valence-electron chi connectivity index (χ3n) is 8.49. The van der Waals surface area contributed by atoms with Crippen LogP contribution in [0.2, 0.25) is 0 Å². The maximum absolute atomic E-state index is 5.12. The van der Waals surface area contributed by atoms with Gasteiger partial charge in [0.15, 0.2) is 5.82 Å². The highest BCUT2D eigenvalue weighted by Gasteiger charge is 2.13. The van der Waals surface area contributed by atoms with E-state index >= 15 is 0 Å². The fourth-order valence-corrected chi connectivity index (χ4v) is 6.18. The highest BCUT2D eigenvalue weighted by atomic mass is 14.9. The lowest BCUT2D eigenvalue weighted by Crippen LogP contribution is -1.96. The molecule has 2 heterocycles. The first-order valence-corrected chi connectivity index (χ1v) is 14.7. The molecule has 0 aliphatic rings. The molecule has 0 aliphatic heterocycles. The van der Waals surface area contributed by atoms with E-state index in [2.05, 4.69) is 125 Å². The lowest BCUT2D eigenvalue weighted by molar-refractivity contribution is 1.18. The van der Waals surface area contributed by atoms with Crippen LogP contribution in [0.5, 0.6) is 0 Å². The van der Waals surface area contributed by atoms with Crippen molar-refractivity contribution in [3.63, 3.8) is 0 Å². The molecule has 0 atom stereocenters. The van der Waals surface area contributed by atoms with Crippen molar-refractivity contribution in [1.29, 1.82) is 0 Å². The van der Waals surface area contributed by atoms with E-state index < -0.39 is 0 Å². The van der Waals surface area contributed by atoms with Crippen molar-refractivity contribution in [1.82, 2.24) is 19.9 Å². The van der Waals surface area contributed by atoms with Gasteiger partial charge in [-0.05, 0) is 91.6 Å². The van der Waals surface area contributed by atoms with Gasteiger partial charge in [0.1, 0.15) is 6.33 Å². The molecule has 0 bridgehead atoms. The molecular weight excluding hydrogens is 536 g/mol. The molecule has 7 aromatic carbocycles. The molecule has 0 fully saturated rings. The number of hydrogen-bond acceptors (Lipinski definition) is 4. The molecule has 4 heteroatoms. The molecule has 9 rings (SSSR count). The Kier molecular flexibility index (Phi) is 5.47. The summed E-state index contributed by atoms with van der Waals surface area (Å²) in [4.78, 5) is 18.9. The number of benzene rings is 7. The molecule has 0 saturated carbocycles. The Morgan fingerprint density at radius 3 is 1.41 bits per heavy atom. The average molecular weight is 561 g/mol. The molecule has 0 amide bonds. The summed E-state index contributed by atoms with van der Waals surface area (Å²) in [6, 6.07) is 47.4. The van der Waals surface area contributed by atoms with Crippen molar-refractivity contribution in [3.8, 4) is 33.9 Å². The van der Waals surface area contributed by atoms with Crippen LogP contribution in [0.3, 0.4) is 0 Å². The summed E-state index contributed by atoms with van der Waals surface area (Å²) in [5.74, 6) is 0.662. The van der Waals surface area contributed by atoms with E-state index in [0.717, 1.165) is 39.0 Å². The predicted molar refractivity (Wildman–Crippen MR) is 181 cm³/mol. The SMILES string of the molecule is c1ccc2cc3cc(-c4cc(-c5ccc6cc7ccccc7cc6c5)nc(-c5ccc6cncnc6c5)n4)ccc3cc2c1. The minimum absolute atomic E-state index is 0.662. The maximum atomic E-state index is 5.12. The van der Waals surface area contributed by atoms with Crippen molar-refractivity contribution >= 4 is 54.0 Å². The normalized spacial score (nSPS) is 11.6. The topological polar surface area (TPSA) is 51.6 Å². The minimum atomic E-state index is 0.662. The first-order valence-electron chi connectivity index (χ1n) is 14.7. The number of nitrogens with zero attached hydrogens (tertiary/aromatic N) is 4. The van der Waals surface area contributed by atoms with E-state index in [4.69, 9.17) is 9.97 Å². The number of aromatic nitrogens is 4. The highest BCUT2D eigenvalue weighted by molar-refractivity contribution is 6.01. The van der Waals surface area contributed by atoms with Gasteiger partial charge in [-0.25, -0.2) is 19.9 Å². The molecular formula is C40H24N4. The molecule has 2 aromatic heterocycles. The maximum Gasteiger partial charge on any atom is 0.160 e. The number of hydrogen-bond donors (Lipinski definition) is 0. The summed E-state index contributed by atoms with van der Waals surface area (Å²) in [6.45, 7) is 0. The Morgan fingerprint density at radius 2 is 0.841 bits per heavy atom. The van der Waals surface area contributed by atoms with Crippen LogP contribution in [-0.4, -0.2) is 19.9 Å². The van der Waals surface area contributed by atoms with Crippen LogP contribution in [0, 0.1) is 0 Å². The molecule has 4 nitrogen and oxygen atoms in total. The minimum Gasteiger partial charge on any atom is -0.244 e. The van der Waals surface area contributed by atoms with Crippen LogP contribution in [0.15, 0.2) is 146 Å². The largest absolute Gasteiger partial charge is 0.244 e. The standard InChI is InChI=1S/C40H24N4/c1-3-7-27-17-35-19-31(11-9-29(35)15-25(27)5-1)38-22-39(44-40(43-38)33-13-14-34-23-41-24-42-37(34)21-33)32-12-10-30-16-26-6-2-4-8-28(26)18-36(30)20-32/h1-24H. The van der Waals surface area contributed by atoms with E-state index in [-0.39, 0.29) is 0 Å². The molecule has 0 aliphatic carbocycles. The van der Waals surface area contributed by atoms with Gasteiger partial charge >= 0.3 is 0 Å². The van der Waals surface area contributed by atoms with Crippen molar-refractivity contribution in [2.45, 2.75) is 0 Å². The van der Waals surface area contributed by atoms with Crippen molar-refractivity contribution < 1.29 is 0 Å². The summed E-state index contributed by atoms with van der Waals surface area (Å²) >= 11 is 0. The first-order chi connectivity index (χ1) is 21.7. The smallest absolute Gasteiger partial charge is 0.160 e. The predicted octanol–water partition coefficient (Wildman–Crippen LogP) is 10.0. The zero-order valence-corrected chi connectivity index (χ0v) is 23.6. The Balaban J connectivity index is 1.24. The fraction of sp³-hybridized carbons (Fsp3) is 0. The summed E-state index contributed by atoms with van der Waals surface area (Å²) in [6.07, 6.45) is 3.40. The van der Waals surface area contributed by atoms with Gasteiger partial charge in [-0.15, -0.1) is 0 Å². The molecule has 0 N–H and O–H groups in total. The second kappa shape index (κ2) is 9.79. The Hall–Kier alpha value is -6.00. The van der Waals surface area contributed by atoms with Crippen molar-refractivity contribution in [2.24, 2.45) is 0 Å². The molecule has 0 spiro atoms. The first kappa shape index (κ1) is 24.6. The lowest BCUT2D eigenvalue weighted by Gasteiger charge is -2.12. The van der Waals surface area contributed by atoms with Crippen LogP contribution in [0.1, 0.15) is 0 Å². The third kappa shape index (κ3) is 4.24. The van der Waals surface area contributed by atoms with Gasteiger partial charge in [-0.1, -0.05) is 84.9 Å². The van der Waals surface area contributed by atoms with Gasteiger partial charge in [0.05, 0.1) is 16.9 Å². The van der Waals surface area contributed by atoms with Gasteiger partial charge in [0.2, 0.25) is 0 Å². The van der Waals surface area contributed by atoms with E-state index in [0.29, 0.717) is 5.82 Å². The summed E-state index contributed by atoms with van der Waals surface area (Å²) in [5, 5.41) is 10.7. The van der Waals surface area contributed by atoms with E-state index in [9.17, 15) is 0 Å². The van der Waals surface area contributed by atoms with Crippen molar-refractivity contribution in [2.75, 3.05) is 0 Å². The van der Waals surface area contributed by atoms with Crippen LogP contribution in [-0.2, 0) is 0 Å². The Bertz CT molecular complexity index is 2430. The second-order valence-corrected chi connectivity index (χ2v) is 11.3. The van der Waals surface area contributed by atoms with Gasteiger partial charge in [-0.2, -0.15) is 0 Å². The molecule has 0 radical (unpaired) electrons. The van der Waals surface area contributed by atoms with Crippen LogP contribution >= 0.6 is 0 Å². The molecule has 0 saturated heterocycles. The Morgan fingerprint density at radius 1 is 0.364 bits per heavy atom. The van der Waals surface area contributed by atoms with Gasteiger partial charge < -0.3 is 0 Å². The van der Waals surface area contributed by atoms with E-state index in [1.165, 1.54) is 43.1 Å². The molecule has 44 heavy (non-hydrogen) atoms. The fourth-order valence-electron chi connectivity index (χ4n) is 6.18. The van der Waals surface area contributed by atoms with Crippen LogP contribution in [0.25, 0.3) is 87.9 Å². The summed E-state index contributed by atoms with van der Waals surface area (Å²) in [5.41, 5.74) is 5.63. The Labute approximate surface area is 253 Å². The quantitative estimate of drug-likeness (QED) is 0.202.